The average Bonchev–Trinajstić information content (AvgIpc) is 3.76. The summed E-state index contributed by atoms with van der Waals surface area (Å²) >= 11 is 1.61. The molecule has 0 aliphatic carbocycles. The number of morpholine rings is 1. The summed E-state index contributed by atoms with van der Waals surface area (Å²) in [4.78, 5) is 34.7. The fourth-order valence-electron chi connectivity index (χ4n) is 5.28. The number of allylic oxidation sites excluding steroid dienone is 1. The van der Waals surface area contributed by atoms with E-state index in [1.54, 1.807) is 34.6 Å². The van der Waals surface area contributed by atoms with Crippen LogP contribution in [0.2, 0.25) is 0 Å². The van der Waals surface area contributed by atoms with Crippen LogP contribution in [0.1, 0.15) is 23.8 Å². The van der Waals surface area contributed by atoms with Crippen molar-refractivity contribution in [1.29, 1.82) is 0 Å². The highest BCUT2D eigenvalue weighted by Gasteiger charge is 2.22. The molecule has 41 heavy (non-hydrogen) atoms. The summed E-state index contributed by atoms with van der Waals surface area (Å²) in [6, 6.07) is 12.0. The van der Waals surface area contributed by atoms with Gasteiger partial charge in [-0.1, -0.05) is 18.2 Å². The number of nitrogens with zero attached hydrogens (tertiary/aromatic N) is 7. The van der Waals surface area contributed by atoms with Crippen molar-refractivity contribution < 1.29 is 4.74 Å². The van der Waals surface area contributed by atoms with E-state index in [0.717, 1.165) is 47.7 Å². The van der Waals surface area contributed by atoms with Crippen LogP contribution >= 0.6 is 11.3 Å². The molecule has 1 atom stereocenters. The lowest BCUT2D eigenvalue weighted by Crippen LogP contribution is -2.35. The monoisotopic (exact) mass is 564 g/mol. The Labute approximate surface area is 240 Å². The Kier molecular flexibility index (Phi) is 6.54. The number of benzene rings is 1. The lowest BCUT2D eigenvalue weighted by molar-refractivity contribution is -0.0208. The van der Waals surface area contributed by atoms with Crippen LogP contribution in [0.25, 0.3) is 28.0 Å². The van der Waals surface area contributed by atoms with Crippen LogP contribution in [0.15, 0.2) is 81.7 Å². The average molecular weight is 565 g/mol. The van der Waals surface area contributed by atoms with Gasteiger partial charge in [-0.15, -0.1) is 0 Å². The molecule has 7 rings (SSSR count). The van der Waals surface area contributed by atoms with Gasteiger partial charge in [0.2, 0.25) is 5.95 Å². The molecule has 206 valence electrons. The summed E-state index contributed by atoms with van der Waals surface area (Å²) in [7, 11) is 2.11. The lowest BCUT2D eigenvalue weighted by atomic mass is 10.1. The predicted molar refractivity (Wildman–Crippen MR) is 161 cm³/mol. The Balaban J connectivity index is 1.25. The van der Waals surface area contributed by atoms with Crippen molar-refractivity contribution in [2.75, 3.05) is 32.1 Å². The molecule has 1 unspecified atom stereocenters. The molecule has 1 aromatic carbocycles. The van der Waals surface area contributed by atoms with Gasteiger partial charge in [-0.3, -0.25) is 4.79 Å². The van der Waals surface area contributed by atoms with Gasteiger partial charge in [0.25, 0.3) is 5.56 Å². The van der Waals surface area contributed by atoms with Crippen LogP contribution in [0.5, 0.6) is 0 Å². The molecule has 0 bridgehead atoms. The van der Waals surface area contributed by atoms with E-state index in [9.17, 15) is 4.79 Å². The molecule has 0 saturated carbocycles. The van der Waals surface area contributed by atoms with Gasteiger partial charge in [0, 0.05) is 54.1 Å². The first-order valence-electron chi connectivity index (χ1n) is 13.4. The maximum Gasteiger partial charge on any atom is 0.267 e. The molecule has 1 N–H and O–H groups in total. The first kappa shape index (κ1) is 25.5. The Hall–Kier alpha value is -4.45. The number of ether oxygens (including phenoxy) is 1. The van der Waals surface area contributed by atoms with E-state index in [0.29, 0.717) is 35.1 Å². The fraction of sp³-hybridized carbons (Fsp3) is 0.233. The number of nitrogens with one attached hydrogen (secondary N) is 1. The lowest BCUT2D eigenvalue weighted by Gasteiger charge is -2.30. The third kappa shape index (κ3) is 4.77. The zero-order valence-electron chi connectivity index (χ0n) is 22.7. The number of fused-ring (bicyclic) bond motifs is 1. The third-order valence-corrected chi connectivity index (χ3v) is 8.15. The minimum Gasteiger partial charge on any atom is -0.371 e. The van der Waals surface area contributed by atoms with Crippen LogP contribution in [-0.2, 0) is 4.74 Å². The highest BCUT2D eigenvalue weighted by molar-refractivity contribution is 7.08. The molecule has 2 aliphatic heterocycles. The zero-order chi connectivity index (χ0) is 27.9. The van der Waals surface area contributed by atoms with E-state index in [-0.39, 0.29) is 11.7 Å². The molecule has 5 aromatic rings. The summed E-state index contributed by atoms with van der Waals surface area (Å²) in [6.07, 6.45) is 7.72. The summed E-state index contributed by atoms with van der Waals surface area (Å²) in [6.45, 7) is 4.51. The SMILES string of the molecule is Cc1c(-c2cc3cnc(Nc4ccc(C5CN(C)CCO5)cc4)nc3n(C3=NC=CC3)c2=O)ncn1-c1ccsc1. The van der Waals surface area contributed by atoms with Gasteiger partial charge < -0.3 is 19.5 Å². The number of aliphatic imine (C=N–C) groups is 1. The fourth-order valence-corrected chi connectivity index (χ4v) is 5.91. The molecule has 0 spiro atoms. The molecule has 1 saturated heterocycles. The topological polar surface area (TPSA) is 102 Å². The smallest absolute Gasteiger partial charge is 0.267 e. The van der Waals surface area contributed by atoms with Gasteiger partial charge in [-0.05, 0) is 49.2 Å². The molecule has 11 heteroatoms. The van der Waals surface area contributed by atoms with Crippen molar-refractivity contribution in [3.05, 3.63) is 93.6 Å². The van der Waals surface area contributed by atoms with Gasteiger partial charge in [0.1, 0.15) is 12.2 Å². The highest BCUT2D eigenvalue weighted by atomic mass is 32.1. The number of hydrogen-bond acceptors (Lipinski definition) is 9. The maximum atomic E-state index is 14.0. The van der Waals surface area contributed by atoms with E-state index in [1.165, 1.54) is 0 Å². The van der Waals surface area contributed by atoms with Crippen LogP contribution in [0.4, 0.5) is 11.6 Å². The Morgan fingerprint density at radius 1 is 1.15 bits per heavy atom. The second-order valence-corrected chi connectivity index (χ2v) is 11.0. The number of hydrogen-bond donors (Lipinski definition) is 1. The van der Waals surface area contributed by atoms with Gasteiger partial charge >= 0.3 is 0 Å². The quantitative estimate of drug-likeness (QED) is 0.323. The zero-order valence-corrected chi connectivity index (χ0v) is 23.5. The van der Waals surface area contributed by atoms with E-state index >= 15 is 0 Å². The normalized spacial score (nSPS) is 17.3. The van der Waals surface area contributed by atoms with Crippen molar-refractivity contribution in [2.45, 2.75) is 19.4 Å². The third-order valence-electron chi connectivity index (χ3n) is 7.48. The van der Waals surface area contributed by atoms with E-state index in [2.05, 4.69) is 44.4 Å². The number of anilines is 2. The van der Waals surface area contributed by atoms with Crippen molar-refractivity contribution >= 4 is 39.8 Å². The minimum atomic E-state index is -0.218. The summed E-state index contributed by atoms with van der Waals surface area (Å²) < 4.78 is 9.51. The van der Waals surface area contributed by atoms with Gasteiger partial charge in [0.05, 0.1) is 29.7 Å². The molecule has 0 amide bonds. The van der Waals surface area contributed by atoms with Crippen LogP contribution in [0.3, 0.4) is 0 Å². The van der Waals surface area contributed by atoms with Crippen LogP contribution in [-0.4, -0.2) is 61.6 Å². The highest BCUT2D eigenvalue weighted by Crippen LogP contribution is 2.27. The maximum absolute atomic E-state index is 14.0. The second-order valence-electron chi connectivity index (χ2n) is 10.2. The van der Waals surface area contributed by atoms with Gasteiger partial charge in [0.15, 0.2) is 5.65 Å². The molecule has 10 nitrogen and oxygen atoms in total. The van der Waals surface area contributed by atoms with Crippen molar-refractivity contribution in [1.82, 2.24) is 29.0 Å². The molecule has 0 radical (unpaired) electrons. The van der Waals surface area contributed by atoms with E-state index in [1.807, 2.05) is 52.6 Å². The number of pyridine rings is 1. The largest absolute Gasteiger partial charge is 0.371 e. The van der Waals surface area contributed by atoms with E-state index in [4.69, 9.17) is 9.72 Å². The predicted octanol–water partition coefficient (Wildman–Crippen LogP) is 4.92. The summed E-state index contributed by atoms with van der Waals surface area (Å²) in [5.74, 6) is 1.01. The molecular formula is C30H28N8O2S. The molecule has 1 fully saturated rings. The first-order chi connectivity index (χ1) is 20.0. The van der Waals surface area contributed by atoms with Crippen molar-refractivity contribution in [3.8, 4) is 16.9 Å². The number of likely N-dealkylation sites (N-methyl/N-ethyl adjacent to an activating group) is 1. The standard InChI is InChI=1S/C30H28N8O2S/c1-19-27(33-18-37(19)23-9-13-41-17-23)24-14-21-15-32-30(35-28(21)38(29(24)39)26-4-3-10-31-26)34-22-7-5-20(6-8-22)25-16-36(2)11-12-40-25/h3,5-10,13-15,17-18,25H,4,11-12,16H2,1-2H3,(H,32,34,35). The Morgan fingerprint density at radius 3 is 2.78 bits per heavy atom. The number of rotatable bonds is 5. The Bertz CT molecular complexity index is 1850. The summed E-state index contributed by atoms with van der Waals surface area (Å²) in [5, 5.41) is 8.08. The van der Waals surface area contributed by atoms with E-state index < -0.39 is 0 Å². The number of thiophene rings is 1. The molecular weight excluding hydrogens is 536 g/mol. The van der Waals surface area contributed by atoms with Gasteiger partial charge in [-0.25, -0.2) is 19.5 Å². The second kappa shape index (κ2) is 10.5. The van der Waals surface area contributed by atoms with Crippen LogP contribution < -0.4 is 10.9 Å². The molecule has 4 aromatic heterocycles. The number of imidazole rings is 1. The minimum absolute atomic E-state index is 0.0596. The molecule has 6 heterocycles. The first-order valence-corrected chi connectivity index (χ1v) is 14.4. The van der Waals surface area contributed by atoms with Crippen LogP contribution in [0, 0.1) is 6.92 Å². The van der Waals surface area contributed by atoms with Crippen molar-refractivity contribution in [2.24, 2.45) is 4.99 Å². The van der Waals surface area contributed by atoms with Gasteiger partial charge in [-0.2, -0.15) is 16.3 Å². The van der Waals surface area contributed by atoms with Crippen molar-refractivity contribution in [3.63, 3.8) is 0 Å². The Morgan fingerprint density at radius 2 is 2.02 bits per heavy atom. The molecule has 2 aliphatic rings. The number of aromatic nitrogens is 5. The summed E-state index contributed by atoms with van der Waals surface area (Å²) in [5.41, 5.74) is 5.25.